The van der Waals surface area contributed by atoms with Gasteiger partial charge in [-0.2, -0.15) is 5.10 Å². The second-order valence-corrected chi connectivity index (χ2v) is 7.07. The number of rotatable bonds is 6. The Labute approximate surface area is 164 Å². The van der Waals surface area contributed by atoms with Gasteiger partial charge < -0.3 is 15.1 Å². The molecular weight excluding hydrogens is 352 g/mol. The van der Waals surface area contributed by atoms with Crippen molar-refractivity contribution in [2.24, 2.45) is 12.0 Å². The van der Waals surface area contributed by atoms with Crippen LogP contribution in [-0.2, 0) is 32.9 Å². The fraction of sp³-hybridized carbons (Fsp3) is 0.381. The highest BCUT2D eigenvalue weighted by molar-refractivity contribution is 5.80. The van der Waals surface area contributed by atoms with Crippen molar-refractivity contribution in [2.75, 3.05) is 6.54 Å². The first kappa shape index (κ1) is 18.3. The van der Waals surface area contributed by atoms with Crippen molar-refractivity contribution < 1.29 is 4.42 Å². The molecule has 0 saturated carbocycles. The number of nitrogens with one attached hydrogen (secondary N) is 2. The van der Waals surface area contributed by atoms with E-state index in [-0.39, 0.29) is 0 Å². The van der Waals surface area contributed by atoms with Crippen LogP contribution in [0.1, 0.15) is 29.1 Å². The van der Waals surface area contributed by atoms with Crippen LogP contribution in [0.4, 0.5) is 0 Å². The Morgan fingerprint density at radius 3 is 2.93 bits per heavy atom. The number of aliphatic imine (C=N–C) groups is 1. The highest BCUT2D eigenvalue weighted by Crippen LogP contribution is 2.20. The standard InChI is InChI=1S/C21H26N6O/c1-27-20(24-15-25-27)14-23-21(22-11-10-19-7-4-12-28-19)26-18-9-8-16-5-2-3-6-17(16)13-18/h2-7,12,15,18H,8-11,13-14H2,1H3,(H2,22,23,26). The summed E-state index contributed by atoms with van der Waals surface area (Å²) in [7, 11) is 1.88. The zero-order valence-corrected chi connectivity index (χ0v) is 16.1. The van der Waals surface area contributed by atoms with E-state index in [1.165, 1.54) is 11.1 Å². The number of nitrogens with zero attached hydrogens (tertiary/aromatic N) is 4. The minimum Gasteiger partial charge on any atom is -0.469 e. The van der Waals surface area contributed by atoms with Gasteiger partial charge in [0.2, 0.25) is 0 Å². The van der Waals surface area contributed by atoms with Crippen molar-refractivity contribution in [1.82, 2.24) is 25.4 Å². The maximum atomic E-state index is 5.42. The number of hydrogen-bond acceptors (Lipinski definition) is 4. The van der Waals surface area contributed by atoms with Gasteiger partial charge in [0, 0.05) is 26.1 Å². The summed E-state index contributed by atoms with van der Waals surface area (Å²) in [5, 5.41) is 11.2. The second kappa shape index (κ2) is 8.73. The third kappa shape index (κ3) is 4.60. The Bertz CT molecular complexity index is 915. The smallest absolute Gasteiger partial charge is 0.191 e. The fourth-order valence-electron chi connectivity index (χ4n) is 3.54. The summed E-state index contributed by atoms with van der Waals surface area (Å²) < 4.78 is 7.17. The number of benzene rings is 1. The van der Waals surface area contributed by atoms with Crippen LogP contribution in [0.5, 0.6) is 0 Å². The molecule has 4 rings (SSSR count). The molecule has 1 aliphatic carbocycles. The Kier molecular flexibility index (Phi) is 5.70. The molecule has 2 heterocycles. The van der Waals surface area contributed by atoms with Crippen LogP contribution in [0.15, 0.2) is 58.4 Å². The van der Waals surface area contributed by atoms with Crippen LogP contribution in [0.3, 0.4) is 0 Å². The molecule has 0 fully saturated rings. The lowest BCUT2D eigenvalue weighted by Crippen LogP contribution is -2.46. The molecule has 2 aromatic heterocycles. The van der Waals surface area contributed by atoms with Crippen LogP contribution < -0.4 is 10.6 Å². The van der Waals surface area contributed by atoms with Gasteiger partial charge in [-0.25, -0.2) is 9.98 Å². The first-order valence-electron chi connectivity index (χ1n) is 9.75. The average molecular weight is 378 g/mol. The molecule has 0 amide bonds. The van der Waals surface area contributed by atoms with Gasteiger partial charge in [0.25, 0.3) is 0 Å². The van der Waals surface area contributed by atoms with Gasteiger partial charge in [-0.1, -0.05) is 24.3 Å². The highest BCUT2D eigenvalue weighted by Gasteiger charge is 2.19. The first-order valence-corrected chi connectivity index (χ1v) is 9.75. The third-order valence-electron chi connectivity index (χ3n) is 5.12. The molecule has 0 radical (unpaired) electrons. The van der Waals surface area contributed by atoms with E-state index in [0.717, 1.165) is 49.8 Å². The van der Waals surface area contributed by atoms with Gasteiger partial charge >= 0.3 is 0 Å². The number of hydrogen-bond donors (Lipinski definition) is 2. The van der Waals surface area contributed by atoms with E-state index in [9.17, 15) is 0 Å². The summed E-state index contributed by atoms with van der Waals surface area (Å²) in [6.07, 6.45) is 7.28. The van der Waals surface area contributed by atoms with E-state index in [2.05, 4.69) is 45.0 Å². The molecule has 0 aliphatic heterocycles. The summed E-state index contributed by atoms with van der Waals surface area (Å²) in [5.41, 5.74) is 2.89. The Morgan fingerprint density at radius 1 is 1.25 bits per heavy atom. The summed E-state index contributed by atoms with van der Waals surface area (Å²) in [6.45, 7) is 1.23. The quantitative estimate of drug-likeness (QED) is 0.508. The molecule has 0 bridgehead atoms. The topological polar surface area (TPSA) is 80.3 Å². The SMILES string of the molecule is Cn1ncnc1CN=C(NCCc1ccco1)NC1CCc2ccccc2C1. The zero-order valence-electron chi connectivity index (χ0n) is 16.1. The summed E-state index contributed by atoms with van der Waals surface area (Å²) in [4.78, 5) is 9.00. The summed E-state index contributed by atoms with van der Waals surface area (Å²) in [5.74, 6) is 2.60. The van der Waals surface area contributed by atoms with Gasteiger partial charge in [0.05, 0.1) is 6.26 Å². The van der Waals surface area contributed by atoms with Crippen LogP contribution >= 0.6 is 0 Å². The van der Waals surface area contributed by atoms with Gasteiger partial charge in [0.1, 0.15) is 24.5 Å². The minimum absolute atomic E-state index is 0.365. The molecule has 1 aliphatic rings. The molecule has 0 saturated heterocycles. The van der Waals surface area contributed by atoms with Crippen LogP contribution in [-0.4, -0.2) is 33.3 Å². The van der Waals surface area contributed by atoms with Crippen molar-refractivity contribution in [3.8, 4) is 0 Å². The Balaban J connectivity index is 1.40. The maximum absolute atomic E-state index is 5.42. The van der Waals surface area contributed by atoms with Gasteiger partial charge in [-0.3, -0.25) is 4.68 Å². The van der Waals surface area contributed by atoms with Gasteiger partial charge in [-0.15, -0.1) is 0 Å². The van der Waals surface area contributed by atoms with Gasteiger partial charge in [-0.05, 0) is 42.5 Å². The highest BCUT2D eigenvalue weighted by atomic mass is 16.3. The maximum Gasteiger partial charge on any atom is 0.191 e. The van der Waals surface area contributed by atoms with Crippen molar-refractivity contribution in [1.29, 1.82) is 0 Å². The van der Waals surface area contributed by atoms with E-state index < -0.39 is 0 Å². The fourth-order valence-corrected chi connectivity index (χ4v) is 3.54. The zero-order chi connectivity index (χ0) is 19.2. The average Bonchev–Trinajstić information content (AvgIpc) is 3.37. The third-order valence-corrected chi connectivity index (χ3v) is 5.12. The molecule has 0 spiro atoms. The Morgan fingerprint density at radius 2 is 2.14 bits per heavy atom. The largest absolute Gasteiger partial charge is 0.469 e. The van der Waals surface area contributed by atoms with Gasteiger partial charge in [0.15, 0.2) is 5.96 Å². The van der Waals surface area contributed by atoms with Crippen LogP contribution in [0.25, 0.3) is 0 Å². The molecule has 7 nitrogen and oxygen atoms in total. The van der Waals surface area contributed by atoms with Crippen molar-refractivity contribution in [2.45, 2.75) is 38.3 Å². The monoisotopic (exact) mass is 378 g/mol. The Hall–Kier alpha value is -3.09. The lowest BCUT2D eigenvalue weighted by atomic mass is 9.88. The number of aromatic nitrogens is 3. The number of guanidine groups is 1. The molecule has 1 atom stereocenters. The van der Waals surface area contributed by atoms with Crippen molar-refractivity contribution >= 4 is 5.96 Å². The molecule has 1 aromatic carbocycles. The number of aryl methyl sites for hydroxylation is 2. The minimum atomic E-state index is 0.365. The molecule has 28 heavy (non-hydrogen) atoms. The summed E-state index contributed by atoms with van der Waals surface area (Å²) >= 11 is 0. The molecule has 7 heteroatoms. The molecule has 146 valence electrons. The van der Waals surface area contributed by atoms with E-state index in [4.69, 9.17) is 9.41 Å². The van der Waals surface area contributed by atoms with Crippen LogP contribution in [0, 0.1) is 0 Å². The van der Waals surface area contributed by atoms with Crippen LogP contribution in [0.2, 0.25) is 0 Å². The second-order valence-electron chi connectivity index (χ2n) is 7.07. The molecule has 2 N–H and O–H groups in total. The van der Waals surface area contributed by atoms with E-state index in [0.29, 0.717) is 12.6 Å². The van der Waals surface area contributed by atoms with E-state index in [1.54, 1.807) is 17.3 Å². The van der Waals surface area contributed by atoms with E-state index >= 15 is 0 Å². The predicted octanol–water partition coefficient (Wildman–Crippen LogP) is 2.24. The molecule has 3 aromatic rings. The van der Waals surface area contributed by atoms with E-state index in [1.807, 2.05) is 19.2 Å². The predicted molar refractivity (Wildman–Crippen MR) is 108 cm³/mol. The molecular formula is C21H26N6O. The first-order chi connectivity index (χ1) is 13.8. The van der Waals surface area contributed by atoms with Crippen molar-refractivity contribution in [3.63, 3.8) is 0 Å². The molecule has 1 unspecified atom stereocenters. The number of furan rings is 1. The number of fused-ring (bicyclic) bond motifs is 1. The van der Waals surface area contributed by atoms with Crippen molar-refractivity contribution in [3.05, 3.63) is 71.7 Å². The lowest BCUT2D eigenvalue weighted by Gasteiger charge is -2.27. The summed E-state index contributed by atoms with van der Waals surface area (Å²) in [6, 6.07) is 13.0. The normalized spacial score (nSPS) is 16.6. The lowest BCUT2D eigenvalue weighted by molar-refractivity contribution is 0.501.